The first-order chi connectivity index (χ1) is 26.8. The Morgan fingerprint density at radius 1 is 0.241 bits per heavy atom. The number of benzene rings is 9. The summed E-state index contributed by atoms with van der Waals surface area (Å²) < 4.78 is 0. The van der Waals surface area contributed by atoms with Crippen molar-refractivity contribution in [1.82, 2.24) is 0 Å². The van der Waals surface area contributed by atoms with Gasteiger partial charge in [0.15, 0.2) is 0 Å². The molecule has 0 aromatic heterocycles. The third-order valence-corrected chi connectivity index (χ3v) is 10.1. The van der Waals surface area contributed by atoms with Gasteiger partial charge in [0, 0.05) is 34.0 Å². The third kappa shape index (κ3) is 6.53. The lowest BCUT2D eigenvalue weighted by Gasteiger charge is -2.28. The Morgan fingerprint density at radius 3 is 1.30 bits per heavy atom. The molecule has 2 nitrogen and oxygen atoms in total. The lowest BCUT2D eigenvalue weighted by molar-refractivity contribution is 1.28. The summed E-state index contributed by atoms with van der Waals surface area (Å²) in [6.07, 6.45) is 0. The number of hydrogen-bond donors (Lipinski definition) is 0. The summed E-state index contributed by atoms with van der Waals surface area (Å²) >= 11 is 0. The predicted octanol–water partition coefficient (Wildman–Crippen LogP) is 14.8. The van der Waals surface area contributed by atoms with Crippen molar-refractivity contribution in [2.45, 2.75) is 0 Å². The van der Waals surface area contributed by atoms with Crippen LogP contribution in [0.3, 0.4) is 0 Å². The highest BCUT2D eigenvalue weighted by atomic mass is 15.1. The summed E-state index contributed by atoms with van der Waals surface area (Å²) in [6, 6.07) is 82.4. The Morgan fingerprint density at radius 2 is 0.667 bits per heavy atom. The first-order valence-electron chi connectivity index (χ1n) is 18.4. The molecule has 9 aromatic carbocycles. The van der Waals surface area contributed by atoms with Crippen LogP contribution in [-0.2, 0) is 0 Å². The van der Waals surface area contributed by atoms with Gasteiger partial charge in [-0.05, 0) is 105 Å². The molecule has 2 heteroatoms. The van der Waals surface area contributed by atoms with E-state index in [-0.39, 0.29) is 0 Å². The van der Waals surface area contributed by atoms with Gasteiger partial charge in [-0.15, -0.1) is 0 Å². The first kappa shape index (κ1) is 32.7. The molecule has 0 N–H and O–H groups in total. The molecular formula is C52H38N2. The van der Waals surface area contributed by atoms with Gasteiger partial charge >= 0.3 is 0 Å². The minimum Gasteiger partial charge on any atom is -0.311 e. The molecule has 0 atom stereocenters. The topological polar surface area (TPSA) is 6.48 Å². The van der Waals surface area contributed by atoms with Crippen molar-refractivity contribution in [3.8, 4) is 33.4 Å². The number of nitrogens with zero attached hydrogens (tertiary/aromatic N) is 2. The third-order valence-electron chi connectivity index (χ3n) is 10.1. The highest BCUT2D eigenvalue weighted by Crippen LogP contribution is 2.43. The van der Waals surface area contributed by atoms with E-state index in [2.05, 4.69) is 240 Å². The van der Waals surface area contributed by atoms with Gasteiger partial charge in [-0.3, -0.25) is 0 Å². The largest absolute Gasteiger partial charge is 0.311 e. The molecule has 0 spiro atoms. The summed E-state index contributed by atoms with van der Waals surface area (Å²) in [4.78, 5) is 4.69. The first-order valence-corrected chi connectivity index (χ1v) is 18.4. The van der Waals surface area contributed by atoms with Crippen molar-refractivity contribution in [1.29, 1.82) is 0 Å². The van der Waals surface area contributed by atoms with E-state index in [4.69, 9.17) is 0 Å². The molecule has 256 valence electrons. The highest BCUT2D eigenvalue weighted by molar-refractivity contribution is 6.00. The smallest absolute Gasteiger partial charge is 0.0540 e. The maximum atomic E-state index is 2.39. The minimum absolute atomic E-state index is 1.10. The van der Waals surface area contributed by atoms with E-state index in [1.807, 2.05) is 0 Å². The summed E-state index contributed by atoms with van der Waals surface area (Å²) in [6.45, 7) is 0. The van der Waals surface area contributed by atoms with Crippen LogP contribution in [-0.4, -0.2) is 0 Å². The molecular weight excluding hydrogens is 653 g/mol. The molecule has 0 heterocycles. The lowest BCUT2D eigenvalue weighted by Crippen LogP contribution is -2.11. The number of hydrogen-bond acceptors (Lipinski definition) is 2. The molecule has 0 aliphatic heterocycles. The van der Waals surface area contributed by atoms with Crippen molar-refractivity contribution in [2.75, 3.05) is 9.80 Å². The Kier molecular flexibility index (Phi) is 8.99. The van der Waals surface area contributed by atoms with Crippen LogP contribution in [0.15, 0.2) is 231 Å². The van der Waals surface area contributed by atoms with Gasteiger partial charge in [-0.25, -0.2) is 0 Å². The SMILES string of the molecule is c1ccc(-c2ccc(-c3ccccc3N(c3ccccc3)c3ccc4cccc(-c5ccc(N(c6ccccc6)c6ccccc6)cc5)c4c3)cc2)cc1. The van der Waals surface area contributed by atoms with E-state index in [1.54, 1.807) is 0 Å². The van der Waals surface area contributed by atoms with E-state index in [1.165, 1.54) is 44.2 Å². The number of rotatable bonds is 9. The van der Waals surface area contributed by atoms with E-state index >= 15 is 0 Å². The molecule has 0 radical (unpaired) electrons. The van der Waals surface area contributed by atoms with Gasteiger partial charge in [-0.1, -0.05) is 164 Å². The van der Waals surface area contributed by atoms with Gasteiger partial charge in [0.05, 0.1) is 5.69 Å². The number of para-hydroxylation sites is 4. The summed E-state index contributed by atoms with van der Waals surface area (Å²) in [7, 11) is 0. The summed E-state index contributed by atoms with van der Waals surface area (Å²) in [5, 5.41) is 2.41. The summed E-state index contributed by atoms with van der Waals surface area (Å²) in [5.74, 6) is 0. The van der Waals surface area contributed by atoms with Gasteiger partial charge < -0.3 is 9.80 Å². The zero-order valence-electron chi connectivity index (χ0n) is 29.8. The second kappa shape index (κ2) is 14.8. The van der Waals surface area contributed by atoms with Crippen LogP contribution >= 0.6 is 0 Å². The van der Waals surface area contributed by atoms with Crippen molar-refractivity contribution in [2.24, 2.45) is 0 Å². The average Bonchev–Trinajstić information content (AvgIpc) is 3.26. The van der Waals surface area contributed by atoms with E-state index in [0.29, 0.717) is 0 Å². The van der Waals surface area contributed by atoms with Gasteiger partial charge in [-0.2, -0.15) is 0 Å². The van der Waals surface area contributed by atoms with Crippen LogP contribution < -0.4 is 9.80 Å². The normalized spacial score (nSPS) is 11.0. The Balaban J connectivity index is 1.13. The van der Waals surface area contributed by atoms with Crippen LogP contribution in [0.4, 0.5) is 34.1 Å². The Labute approximate surface area is 317 Å². The van der Waals surface area contributed by atoms with Crippen LogP contribution in [0.2, 0.25) is 0 Å². The maximum Gasteiger partial charge on any atom is 0.0540 e. The van der Waals surface area contributed by atoms with Crippen molar-refractivity contribution >= 4 is 44.9 Å². The van der Waals surface area contributed by atoms with Crippen LogP contribution in [0.5, 0.6) is 0 Å². The second-order valence-corrected chi connectivity index (χ2v) is 13.4. The van der Waals surface area contributed by atoms with Gasteiger partial charge in [0.25, 0.3) is 0 Å². The fourth-order valence-electron chi connectivity index (χ4n) is 7.43. The minimum atomic E-state index is 1.10. The van der Waals surface area contributed by atoms with Crippen LogP contribution in [0.1, 0.15) is 0 Å². The standard InChI is InChI=1S/C52H38N2/c1-5-16-39(17-6-1)40-28-30-43(31-29-40)50-25-13-14-27-52(50)54(46-23-11-4-12-24-46)48-37-34-41-18-15-26-49(51(41)38-48)42-32-35-47(36-33-42)53(44-19-7-2-8-20-44)45-21-9-3-10-22-45/h1-38H. The van der Waals surface area contributed by atoms with E-state index in [0.717, 1.165) is 34.1 Å². The molecule has 0 aliphatic rings. The van der Waals surface area contributed by atoms with E-state index < -0.39 is 0 Å². The molecule has 0 aliphatic carbocycles. The van der Waals surface area contributed by atoms with Crippen LogP contribution in [0, 0.1) is 0 Å². The molecule has 0 saturated carbocycles. The average molecular weight is 691 g/mol. The van der Waals surface area contributed by atoms with Crippen molar-refractivity contribution < 1.29 is 0 Å². The quantitative estimate of drug-likeness (QED) is 0.149. The lowest BCUT2D eigenvalue weighted by atomic mass is 9.96. The molecule has 0 fully saturated rings. The summed E-state index contributed by atoms with van der Waals surface area (Å²) in [5.41, 5.74) is 13.8. The Hall–Kier alpha value is -7.16. The zero-order chi connectivity index (χ0) is 36.1. The molecule has 0 amide bonds. The van der Waals surface area contributed by atoms with Crippen molar-refractivity contribution in [3.63, 3.8) is 0 Å². The molecule has 0 saturated heterocycles. The monoisotopic (exact) mass is 690 g/mol. The number of fused-ring (bicyclic) bond motifs is 1. The molecule has 54 heavy (non-hydrogen) atoms. The highest BCUT2D eigenvalue weighted by Gasteiger charge is 2.19. The molecule has 0 bridgehead atoms. The Bertz CT molecular complexity index is 2580. The predicted molar refractivity (Wildman–Crippen MR) is 230 cm³/mol. The van der Waals surface area contributed by atoms with Crippen molar-refractivity contribution in [3.05, 3.63) is 231 Å². The van der Waals surface area contributed by atoms with Gasteiger partial charge in [0.1, 0.15) is 0 Å². The van der Waals surface area contributed by atoms with Crippen LogP contribution in [0.25, 0.3) is 44.2 Å². The fourth-order valence-corrected chi connectivity index (χ4v) is 7.43. The van der Waals surface area contributed by atoms with E-state index in [9.17, 15) is 0 Å². The zero-order valence-corrected chi connectivity index (χ0v) is 29.8. The fraction of sp³-hybridized carbons (Fsp3) is 0. The maximum absolute atomic E-state index is 2.39. The molecule has 9 aromatic rings. The molecule has 0 unspecified atom stereocenters. The van der Waals surface area contributed by atoms with Gasteiger partial charge in [0.2, 0.25) is 0 Å². The number of anilines is 6. The second-order valence-electron chi connectivity index (χ2n) is 13.4. The molecule has 9 rings (SSSR count).